The summed E-state index contributed by atoms with van der Waals surface area (Å²) in [7, 11) is 0. The van der Waals surface area contributed by atoms with Gasteiger partial charge in [0, 0.05) is 17.3 Å². The molecule has 0 radical (unpaired) electrons. The number of aromatic nitrogens is 3. The first-order valence-corrected chi connectivity index (χ1v) is 3.80. The van der Waals surface area contributed by atoms with E-state index < -0.39 is 5.97 Å². The molecule has 13 heavy (non-hydrogen) atoms. The van der Waals surface area contributed by atoms with E-state index in [-0.39, 0.29) is 5.82 Å². The minimum absolute atomic E-state index is 0.119. The van der Waals surface area contributed by atoms with Crippen molar-refractivity contribution < 1.29 is 9.90 Å². The van der Waals surface area contributed by atoms with Gasteiger partial charge >= 0.3 is 5.97 Å². The summed E-state index contributed by atoms with van der Waals surface area (Å²) in [5.41, 5.74) is 0.421. The minimum atomic E-state index is -1.12. The van der Waals surface area contributed by atoms with Gasteiger partial charge in [0.1, 0.15) is 0 Å². The van der Waals surface area contributed by atoms with Crippen LogP contribution in [-0.2, 0) is 0 Å². The number of nitrogens with zero attached hydrogens (tertiary/aromatic N) is 3. The Morgan fingerprint density at radius 2 is 2.31 bits per heavy atom. The molecule has 2 aromatic heterocycles. The second-order valence-corrected chi connectivity index (χ2v) is 2.84. The van der Waals surface area contributed by atoms with Gasteiger partial charge in [-0.3, -0.25) is 4.40 Å². The Morgan fingerprint density at radius 3 is 3.00 bits per heavy atom. The lowest BCUT2D eigenvalue weighted by Crippen LogP contribution is -2.02. The molecular weight excluding hydrogens is 194 g/mol. The molecule has 0 aliphatic carbocycles. The highest BCUT2D eigenvalue weighted by Crippen LogP contribution is 2.11. The van der Waals surface area contributed by atoms with Crippen molar-refractivity contribution in [3.8, 4) is 0 Å². The molecule has 1 N–H and O–H groups in total. The number of carbonyl (C=O) groups is 1. The molecule has 0 bridgehead atoms. The monoisotopic (exact) mass is 197 g/mol. The molecule has 6 heteroatoms. The topological polar surface area (TPSA) is 67.5 Å². The maximum atomic E-state index is 10.6. The van der Waals surface area contributed by atoms with Gasteiger partial charge in [-0.1, -0.05) is 11.6 Å². The van der Waals surface area contributed by atoms with E-state index >= 15 is 0 Å². The van der Waals surface area contributed by atoms with E-state index in [1.807, 2.05) is 0 Å². The van der Waals surface area contributed by atoms with Crippen molar-refractivity contribution in [3.05, 3.63) is 29.2 Å². The van der Waals surface area contributed by atoms with E-state index in [0.29, 0.717) is 10.7 Å². The fourth-order valence-corrected chi connectivity index (χ4v) is 1.17. The van der Waals surface area contributed by atoms with Crippen LogP contribution in [0, 0.1) is 0 Å². The standard InChI is InChI=1S/C7H4ClN3O2/c8-4-1-2-11-5(3-4)9-10-6(11)7(12)13/h1-3H,(H,12,13). The first-order valence-electron chi connectivity index (χ1n) is 3.42. The Kier molecular flexibility index (Phi) is 1.66. The van der Waals surface area contributed by atoms with Crippen LogP contribution in [0.1, 0.15) is 10.6 Å². The fourth-order valence-electron chi connectivity index (χ4n) is 1.01. The van der Waals surface area contributed by atoms with Crippen molar-refractivity contribution in [1.82, 2.24) is 14.6 Å². The molecule has 0 aliphatic rings. The zero-order valence-electron chi connectivity index (χ0n) is 6.31. The Morgan fingerprint density at radius 1 is 1.54 bits per heavy atom. The maximum Gasteiger partial charge on any atom is 0.374 e. The lowest BCUT2D eigenvalue weighted by molar-refractivity contribution is 0.0682. The van der Waals surface area contributed by atoms with Crippen molar-refractivity contribution in [2.24, 2.45) is 0 Å². The van der Waals surface area contributed by atoms with Crippen LogP contribution in [0.15, 0.2) is 18.3 Å². The summed E-state index contributed by atoms with van der Waals surface area (Å²) >= 11 is 5.68. The number of carboxylic acids is 1. The Balaban J connectivity index is 2.76. The van der Waals surface area contributed by atoms with Crippen molar-refractivity contribution in [1.29, 1.82) is 0 Å². The van der Waals surface area contributed by atoms with Crippen LogP contribution in [0.4, 0.5) is 0 Å². The molecule has 0 amide bonds. The Labute approximate surface area is 77.6 Å². The average Bonchev–Trinajstić information content (AvgIpc) is 2.46. The summed E-state index contributed by atoms with van der Waals surface area (Å²) in [5.74, 6) is -1.23. The molecule has 0 spiro atoms. The zero-order valence-corrected chi connectivity index (χ0v) is 7.06. The van der Waals surface area contributed by atoms with Crippen LogP contribution in [0.3, 0.4) is 0 Å². The summed E-state index contributed by atoms with van der Waals surface area (Å²) in [6.07, 6.45) is 1.52. The first-order chi connectivity index (χ1) is 6.18. The molecular formula is C7H4ClN3O2. The van der Waals surface area contributed by atoms with Crippen LogP contribution in [0.5, 0.6) is 0 Å². The second-order valence-electron chi connectivity index (χ2n) is 2.40. The first kappa shape index (κ1) is 8.00. The van der Waals surface area contributed by atoms with Crippen molar-refractivity contribution >= 4 is 23.2 Å². The van der Waals surface area contributed by atoms with Gasteiger partial charge in [0.05, 0.1) is 0 Å². The summed E-state index contributed by atoms with van der Waals surface area (Å²) in [6, 6.07) is 3.12. The molecule has 5 nitrogen and oxygen atoms in total. The van der Waals surface area contributed by atoms with Crippen LogP contribution >= 0.6 is 11.6 Å². The summed E-state index contributed by atoms with van der Waals surface area (Å²) < 4.78 is 1.36. The third-order valence-corrected chi connectivity index (χ3v) is 1.80. The largest absolute Gasteiger partial charge is 0.475 e. The average molecular weight is 198 g/mol. The molecule has 2 heterocycles. The quantitative estimate of drug-likeness (QED) is 0.743. The fraction of sp³-hybridized carbons (Fsp3) is 0. The predicted octanol–water partition coefficient (Wildman–Crippen LogP) is 1.08. The highest BCUT2D eigenvalue weighted by molar-refractivity contribution is 6.30. The number of pyridine rings is 1. The molecule has 0 unspecified atom stereocenters. The van der Waals surface area contributed by atoms with E-state index in [1.54, 1.807) is 12.1 Å². The van der Waals surface area contributed by atoms with Gasteiger partial charge in [-0.2, -0.15) is 0 Å². The summed E-state index contributed by atoms with van der Waals surface area (Å²) in [5, 5.41) is 16.3. The molecule has 66 valence electrons. The molecule has 0 saturated heterocycles. The van der Waals surface area contributed by atoms with Gasteiger partial charge in [-0.05, 0) is 6.07 Å². The number of carboxylic acid groups (broad SMARTS) is 1. The summed E-state index contributed by atoms with van der Waals surface area (Å²) in [4.78, 5) is 10.6. The third-order valence-electron chi connectivity index (χ3n) is 1.56. The Hall–Kier alpha value is -1.62. The highest BCUT2D eigenvalue weighted by Gasteiger charge is 2.11. The molecule has 0 atom stereocenters. The molecule has 0 fully saturated rings. The van der Waals surface area contributed by atoms with Crippen molar-refractivity contribution in [2.45, 2.75) is 0 Å². The van der Waals surface area contributed by atoms with E-state index in [2.05, 4.69) is 10.2 Å². The van der Waals surface area contributed by atoms with E-state index in [9.17, 15) is 4.79 Å². The van der Waals surface area contributed by atoms with Crippen molar-refractivity contribution in [2.75, 3.05) is 0 Å². The minimum Gasteiger partial charge on any atom is -0.475 e. The number of hydrogen-bond donors (Lipinski definition) is 1. The Bertz CT molecular complexity index is 480. The number of aromatic carboxylic acids is 1. The number of halogens is 1. The molecule has 0 saturated carbocycles. The van der Waals surface area contributed by atoms with Gasteiger partial charge in [-0.15, -0.1) is 10.2 Å². The molecule has 0 aromatic carbocycles. The molecule has 0 aliphatic heterocycles. The van der Waals surface area contributed by atoms with Gasteiger partial charge in [-0.25, -0.2) is 4.79 Å². The second kappa shape index (κ2) is 2.70. The predicted molar refractivity (Wildman–Crippen MR) is 45.0 cm³/mol. The SMILES string of the molecule is O=C(O)c1nnc2cc(Cl)ccn12. The van der Waals surface area contributed by atoms with Crippen LogP contribution in [0.25, 0.3) is 5.65 Å². The third kappa shape index (κ3) is 1.23. The van der Waals surface area contributed by atoms with Gasteiger partial charge < -0.3 is 5.11 Å². The lowest BCUT2D eigenvalue weighted by atomic mass is 10.4. The number of fused-ring (bicyclic) bond motifs is 1. The van der Waals surface area contributed by atoms with Crippen LogP contribution in [0.2, 0.25) is 5.02 Å². The normalized spacial score (nSPS) is 10.5. The van der Waals surface area contributed by atoms with Crippen molar-refractivity contribution in [3.63, 3.8) is 0 Å². The molecule has 2 rings (SSSR count). The highest BCUT2D eigenvalue weighted by atomic mass is 35.5. The van der Waals surface area contributed by atoms with E-state index in [4.69, 9.17) is 16.7 Å². The van der Waals surface area contributed by atoms with E-state index in [0.717, 1.165) is 0 Å². The maximum absolute atomic E-state index is 10.6. The van der Waals surface area contributed by atoms with Crippen LogP contribution in [-0.4, -0.2) is 25.7 Å². The zero-order chi connectivity index (χ0) is 9.42. The van der Waals surface area contributed by atoms with Gasteiger partial charge in [0.2, 0.25) is 5.82 Å². The van der Waals surface area contributed by atoms with Gasteiger partial charge in [0.15, 0.2) is 5.65 Å². The number of hydrogen-bond acceptors (Lipinski definition) is 3. The number of rotatable bonds is 1. The van der Waals surface area contributed by atoms with E-state index in [1.165, 1.54) is 10.6 Å². The smallest absolute Gasteiger partial charge is 0.374 e. The summed E-state index contributed by atoms with van der Waals surface area (Å²) in [6.45, 7) is 0. The lowest BCUT2D eigenvalue weighted by Gasteiger charge is -1.93. The molecule has 2 aromatic rings. The van der Waals surface area contributed by atoms with Crippen LogP contribution < -0.4 is 0 Å². The van der Waals surface area contributed by atoms with Gasteiger partial charge in [0.25, 0.3) is 0 Å².